The number of nitrogens with zero attached hydrogens (tertiary/aromatic N) is 15. The van der Waals surface area contributed by atoms with Gasteiger partial charge >= 0.3 is 0 Å². The number of pyridine rings is 5. The van der Waals surface area contributed by atoms with Crippen molar-refractivity contribution in [1.29, 1.82) is 0 Å². The molecule has 0 amide bonds. The Morgan fingerprint density at radius 3 is 1.34 bits per heavy atom. The third-order valence-electron chi connectivity index (χ3n) is 29.2. The molecule has 0 spiro atoms. The monoisotopic (exact) mass is 1900 g/mol. The van der Waals surface area contributed by atoms with Crippen LogP contribution in [0, 0.1) is 27.7 Å². The Morgan fingerprint density at radius 1 is 0.384 bits per heavy atom. The quantitative estimate of drug-likeness (QED) is 0.0674. The van der Waals surface area contributed by atoms with Crippen molar-refractivity contribution in [2.24, 2.45) is 0 Å². The molecule has 0 bridgehead atoms. The minimum absolute atomic E-state index is 0.155. The molecule has 22 heteroatoms. The van der Waals surface area contributed by atoms with E-state index in [-0.39, 0.29) is 12.1 Å². The summed E-state index contributed by atoms with van der Waals surface area (Å²) in [6.45, 7) is 25.3. The molecule has 15 heterocycles. The zero-order valence-corrected chi connectivity index (χ0v) is 83.8. The van der Waals surface area contributed by atoms with Crippen LogP contribution in [0.25, 0.3) is 54.5 Å². The van der Waals surface area contributed by atoms with E-state index in [4.69, 9.17) is 34.8 Å². The number of aliphatic hydroxyl groups is 4. The summed E-state index contributed by atoms with van der Waals surface area (Å²) in [5.74, 6) is 0. The Morgan fingerprint density at radius 2 is 0.826 bits per heavy atom. The van der Waals surface area contributed by atoms with Crippen molar-refractivity contribution in [1.82, 2.24) is 72.3 Å². The molecule has 19 nitrogen and oxygen atoms in total. The van der Waals surface area contributed by atoms with Crippen molar-refractivity contribution in [2.75, 3.05) is 81.1 Å². The smallest absolute Gasteiger partial charge is 0.106 e. The van der Waals surface area contributed by atoms with Gasteiger partial charge < -0.3 is 58.0 Å². The van der Waals surface area contributed by atoms with Crippen molar-refractivity contribution in [2.45, 2.75) is 174 Å². The number of aliphatic hydroxyl groups excluding tert-OH is 1. The van der Waals surface area contributed by atoms with Crippen LogP contribution in [0.5, 0.6) is 0 Å². The van der Waals surface area contributed by atoms with Crippen LogP contribution in [0.1, 0.15) is 157 Å². The van der Waals surface area contributed by atoms with Gasteiger partial charge in [-0.3, -0.25) is 34.7 Å². The van der Waals surface area contributed by atoms with Crippen LogP contribution in [0.4, 0.5) is 0 Å². The van der Waals surface area contributed by atoms with Crippen LogP contribution >= 0.6 is 34.8 Å². The summed E-state index contributed by atoms with van der Waals surface area (Å²) in [7, 11) is 10.9. The van der Waals surface area contributed by atoms with E-state index in [1.807, 2.05) is 101 Å². The van der Waals surface area contributed by atoms with Gasteiger partial charge in [0.1, 0.15) is 16.8 Å². The fraction of sp³-hybridized carbons (Fsp3) is 0.336. The molecular weight excluding hydrogens is 1770 g/mol. The zero-order valence-electron chi connectivity index (χ0n) is 81.5. The molecule has 7 aromatic carbocycles. The maximum atomic E-state index is 11.5. The summed E-state index contributed by atoms with van der Waals surface area (Å²) >= 11 is 19.4. The fourth-order valence-corrected chi connectivity index (χ4v) is 22.5. The lowest BCUT2D eigenvalue weighted by Crippen LogP contribution is -2.36. The number of rotatable bonds is 17. The number of aryl methyl sites for hydroxylation is 6. The van der Waals surface area contributed by atoms with Crippen LogP contribution in [-0.4, -0.2) is 174 Å². The number of hydrogen-bond acceptors (Lipinski definition) is 14. The molecule has 0 radical (unpaired) electrons. The Balaban J connectivity index is 0.000000115. The Hall–Kier alpha value is -11.5. The zero-order chi connectivity index (χ0) is 96.4. The summed E-state index contributed by atoms with van der Waals surface area (Å²) in [6.07, 6.45) is 23.4. The van der Waals surface area contributed by atoms with Crippen LogP contribution in [0.15, 0.2) is 262 Å². The Labute approximate surface area is 826 Å². The summed E-state index contributed by atoms with van der Waals surface area (Å²) in [4.78, 5) is 33.0. The van der Waals surface area contributed by atoms with E-state index < -0.39 is 22.9 Å². The van der Waals surface area contributed by atoms with Crippen LogP contribution in [0.2, 0.25) is 15.1 Å². The normalized spacial score (nSPS) is 17.4. The minimum Gasteiger partial charge on any atom is -0.387 e. The van der Waals surface area contributed by atoms with Crippen molar-refractivity contribution in [3.63, 3.8) is 0 Å². The highest BCUT2D eigenvalue weighted by Crippen LogP contribution is 2.47. The number of hydrogen-bond donors (Lipinski definition) is 4. The summed E-state index contributed by atoms with van der Waals surface area (Å²) in [5.41, 5.74) is 28.7. The van der Waals surface area contributed by atoms with E-state index in [9.17, 15) is 20.4 Å². The molecule has 17 aromatic rings. The predicted molar refractivity (Wildman–Crippen MR) is 561 cm³/mol. The molecule has 5 aliphatic heterocycles. The first kappa shape index (κ1) is 96.8. The molecule has 6 atom stereocenters. The maximum absolute atomic E-state index is 11.5. The van der Waals surface area contributed by atoms with Gasteiger partial charge in [-0.05, 0) is 287 Å². The van der Waals surface area contributed by atoms with Crippen molar-refractivity contribution < 1.29 is 20.4 Å². The lowest BCUT2D eigenvalue weighted by molar-refractivity contribution is 0.0368. The van der Waals surface area contributed by atoms with Crippen molar-refractivity contribution in [3.05, 3.63) is 395 Å². The lowest BCUT2D eigenvalue weighted by Gasteiger charge is -2.36. The molecule has 0 aliphatic carbocycles. The van der Waals surface area contributed by atoms with Gasteiger partial charge in [0.15, 0.2) is 0 Å². The highest BCUT2D eigenvalue weighted by molar-refractivity contribution is 6.40. The van der Waals surface area contributed by atoms with Crippen LogP contribution < -0.4 is 0 Å². The molecule has 712 valence electrons. The average molecular weight is 1900 g/mol. The van der Waals surface area contributed by atoms with E-state index in [1.54, 1.807) is 49.6 Å². The molecule has 22 rings (SSSR count). The topological polar surface area (TPSA) is 186 Å². The van der Waals surface area contributed by atoms with E-state index in [0.717, 1.165) is 170 Å². The Kier molecular flexibility index (Phi) is 29.1. The van der Waals surface area contributed by atoms with Gasteiger partial charge in [0.05, 0.1) is 59.9 Å². The Bertz CT molecular complexity index is 6950. The van der Waals surface area contributed by atoms with Crippen LogP contribution in [-0.2, 0) is 107 Å². The first-order valence-electron chi connectivity index (χ1n) is 48.6. The van der Waals surface area contributed by atoms with Gasteiger partial charge in [-0.15, -0.1) is 0 Å². The molecule has 138 heavy (non-hydrogen) atoms. The number of aromatic nitrogens is 10. The molecule has 0 saturated heterocycles. The number of benzene rings is 7. The van der Waals surface area contributed by atoms with Gasteiger partial charge in [-0.1, -0.05) is 149 Å². The second-order valence-corrected chi connectivity index (χ2v) is 40.8. The van der Waals surface area contributed by atoms with Crippen molar-refractivity contribution in [3.8, 4) is 0 Å². The molecule has 4 N–H and O–H groups in total. The lowest BCUT2D eigenvalue weighted by atomic mass is 9.92. The largest absolute Gasteiger partial charge is 0.387 e. The molecule has 10 aromatic heterocycles. The summed E-state index contributed by atoms with van der Waals surface area (Å²) < 4.78 is 11.7. The highest BCUT2D eigenvalue weighted by Gasteiger charge is 2.39. The van der Waals surface area contributed by atoms with E-state index in [1.165, 1.54) is 128 Å². The van der Waals surface area contributed by atoms with Crippen molar-refractivity contribution >= 4 is 89.3 Å². The van der Waals surface area contributed by atoms with E-state index in [0.29, 0.717) is 26.2 Å². The predicted octanol–water partition coefficient (Wildman–Crippen LogP) is 21.3. The van der Waals surface area contributed by atoms with Gasteiger partial charge in [0, 0.05) is 227 Å². The fourth-order valence-electron chi connectivity index (χ4n) is 21.8. The summed E-state index contributed by atoms with van der Waals surface area (Å²) in [5, 5.41) is 53.7. The highest BCUT2D eigenvalue weighted by atomic mass is 35.5. The van der Waals surface area contributed by atoms with Gasteiger partial charge in [-0.25, -0.2) is 0 Å². The second-order valence-electron chi connectivity index (χ2n) is 39.6. The molecule has 6 unspecified atom stereocenters. The average Bonchev–Trinajstić information content (AvgIpc) is 1.57. The van der Waals surface area contributed by atoms with E-state index in [2.05, 4.69) is 268 Å². The van der Waals surface area contributed by atoms with Gasteiger partial charge in [0.2, 0.25) is 0 Å². The number of likely N-dealkylation sites (N-methyl/N-ethyl adjacent to an activating group) is 5. The molecule has 0 saturated carbocycles. The third kappa shape index (κ3) is 20.5. The van der Waals surface area contributed by atoms with Gasteiger partial charge in [0.25, 0.3) is 0 Å². The standard InChI is InChI=1S/2C27H29N3O.C22H27N3O.C20H21Cl2N3.C20H22ClN3O/c2*1-19-11-12-24-23(16-19)22-13-15-29(3)25(20-8-5-4-6-9-20)26(22)30(24)18-27(2,31)21-10-7-14-28-17-21;1-16-4-5-20-19(14-16)18-8-12-24(3)13-9-21(18)25(20)15-22(2,26)17-6-10-23-11-7-17;1-13-3-4-14(11-23-13)7-10-25-18-12-24(2)9-8-15(18)19-16(21)5-6-17(22)20(19)25;1-23-10-6-16-17-12-15(21)2-3-18(17)24(19(16)7-11-23)13-20(25)14-4-8-22-9-5-14/h2*4-12,14,16-17,25,31H,13,15,18H2,1-3H3;4-7,10-11,14,26H,8-9,12-13,15H2,1-3H3;3-6,11H,7-10,12H2,1-2H3;2-5,8-9,12,20,25H,6-7,10-11,13H2,1H3. The number of halogens is 3. The number of fused-ring (bicyclic) bond motifs is 15. The first-order chi connectivity index (χ1) is 66.5. The van der Waals surface area contributed by atoms with E-state index >= 15 is 0 Å². The minimum atomic E-state index is -1.03. The molecular formula is C116H128Cl3N15O4. The first-order valence-corrected chi connectivity index (χ1v) is 49.7. The summed E-state index contributed by atoms with van der Waals surface area (Å²) in [6, 6.07) is 71.2. The maximum Gasteiger partial charge on any atom is 0.106 e. The SMILES string of the molecule is CN1CCc2c(n(CC(O)c3ccncc3)c3ccc(Cl)cc23)CC1.Cc1ccc(CCn2c3c(c4c(Cl)ccc(Cl)c42)CCN(C)C3)cn1.Cc1ccc2c(c1)c1c(n2CC(C)(O)c2cccnc2)C(c2ccccc2)N(C)CC1.Cc1ccc2c(c1)c1c(n2CC(C)(O)c2cccnc2)C(c2ccccc2)N(C)CC1.Cc1ccc2c(c1)c1c(n2CC(C)(O)c2ccncc2)CCN(C)CC1. The van der Waals surface area contributed by atoms with Gasteiger partial charge in [-0.2, -0.15) is 0 Å². The third-order valence-corrected chi connectivity index (χ3v) is 30.1. The molecule has 5 aliphatic rings. The van der Waals surface area contributed by atoms with Crippen LogP contribution in [0.3, 0.4) is 0 Å². The molecule has 0 fully saturated rings. The second kappa shape index (κ2) is 41.5.